The van der Waals surface area contributed by atoms with Crippen LogP contribution in [0.15, 0.2) is 42.5 Å². The van der Waals surface area contributed by atoms with E-state index in [-0.39, 0.29) is 17.9 Å². The second-order valence-corrected chi connectivity index (χ2v) is 8.15. The van der Waals surface area contributed by atoms with E-state index in [4.69, 9.17) is 23.2 Å². The zero-order chi connectivity index (χ0) is 21.0. The SMILES string of the molecule is Cc1ccccc1CC(=O)N1CCN(C(C)C(=O)Nc2cc(Cl)ccc2Cl)CC1. The summed E-state index contributed by atoms with van der Waals surface area (Å²) < 4.78 is 0. The second-order valence-electron chi connectivity index (χ2n) is 7.31. The summed E-state index contributed by atoms with van der Waals surface area (Å²) in [4.78, 5) is 29.2. The molecule has 29 heavy (non-hydrogen) atoms. The fourth-order valence-electron chi connectivity index (χ4n) is 3.44. The van der Waals surface area contributed by atoms with E-state index in [2.05, 4.69) is 10.2 Å². The molecule has 1 N–H and O–H groups in total. The van der Waals surface area contributed by atoms with Crippen molar-refractivity contribution in [3.8, 4) is 0 Å². The molecule has 1 aliphatic rings. The van der Waals surface area contributed by atoms with Crippen LogP contribution >= 0.6 is 23.2 Å². The molecule has 1 aliphatic heterocycles. The van der Waals surface area contributed by atoms with Crippen LogP contribution in [0.3, 0.4) is 0 Å². The molecule has 0 spiro atoms. The highest BCUT2D eigenvalue weighted by Crippen LogP contribution is 2.25. The number of hydrogen-bond acceptors (Lipinski definition) is 3. The summed E-state index contributed by atoms with van der Waals surface area (Å²) in [6.45, 7) is 6.40. The van der Waals surface area contributed by atoms with Gasteiger partial charge < -0.3 is 10.2 Å². The first-order chi connectivity index (χ1) is 13.8. The normalized spacial score (nSPS) is 15.8. The van der Waals surface area contributed by atoms with Gasteiger partial charge in [0.1, 0.15) is 0 Å². The molecule has 0 aromatic heterocycles. The minimum Gasteiger partial charge on any atom is -0.340 e. The summed E-state index contributed by atoms with van der Waals surface area (Å²) in [6.07, 6.45) is 0.413. The first-order valence-corrected chi connectivity index (χ1v) is 10.4. The third kappa shape index (κ3) is 5.50. The lowest BCUT2D eigenvalue weighted by Crippen LogP contribution is -2.54. The fourth-order valence-corrected chi connectivity index (χ4v) is 3.77. The number of nitrogens with one attached hydrogen (secondary N) is 1. The number of benzene rings is 2. The highest BCUT2D eigenvalue weighted by Gasteiger charge is 2.28. The molecule has 2 aromatic carbocycles. The number of aryl methyl sites for hydroxylation is 1. The smallest absolute Gasteiger partial charge is 0.241 e. The summed E-state index contributed by atoms with van der Waals surface area (Å²) in [5, 5.41) is 3.80. The highest BCUT2D eigenvalue weighted by atomic mass is 35.5. The summed E-state index contributed by atoms with van der Waals surface area (Å²) >= 11 is 12.1. The third-order valence-electron chi connectivity index (χ3n) is 5.38. The Balaban J connectivity index is 1.53. The average Bonchev–Trinajstić information content (AvgIpc) is 2.72. The van der Waals surface area contributed by atoms with Crippen LogP contribution in [0.25, 0.3) is 0 Å². The maximum Gasteiger partial charge on any atom is 0.241 e. The van der Waals surface area contributed by atoms with E-state index in [1.165, 1.54) is 0 Å². The topological polar surface area (TPSA) is 52.7 Å². The van der Waals surface area contributed by atoms with Crippen LogP contribution in [0.5, 0.6) is 0 Å². The van der Waals surface area contributed by atoms with E-state index in [1.54, 1.807) is 18.2 Å². The predicted molar refractivity (Wildman–Crippen MR) is 118 cm³/mol. The summed E-state index contributed by atoms with van der Waals surface area (Å²) in [5.41, 5.74) is 2.69. The number of hydrogen-bond donors (Lipinski definition) is 1. The Morgan fingerprint density at radius 1 is 1.07 bits per heavy atom. The van der Waals surface area contributed by atoms with Crippen molar-refractivity contribution in [1.82, 2.24) is 9.80 Å². The molecule has 0 radical (unpaired) electrons. The van der Waals surface area contributed by atoms with Gasteiger partial charge in [-0.05, 0) is 43.2 Å². The van der Waals surface area contributed by atoms with Crippen LogP contribution < -0.4 is 5.32 Å². The Morgan fingerprint density at radius 2 is 1.76 bits per heavy atom. The van der Waals surface area contributed by atoms with E-state index in [0.717, 1.165) is 11.1 Å². The van der Waals surface area contributed by atoms with Gasteiger partial charge in [-0.3, -0.25) is 14.5 Å². The van der Waals surface area contributed by atoms with Crippen molar-refractivity contribution in [1.29, 1.82) is 0 Å². The van der Waals surface area contributed by atoms with Crippen molar-refractivity contribution in [2.24, 2.45) is 0 Å². The molecule has 1 unspecified atom stereocenters. The molecular formula is C22H25Cl2N3O2. The van der Waals surface area contributed by atoms with Crippen LogP contribution in [0.1, 0.15) is 18.1 Å². The van der Waals surface area contributed by atoms with Gasteiger partial charge in [-0.15, -0.1) is 0 Å². The molecule has 0 saturated carbocycles. The molecule has 154 valence electrons. The lowest BCUT2D eigenvalue weighted by molar-refractivity contribution is -0.133. The van der Waals surface area contributed by atoms with Crippen LogP contribution in [-0.2, 0) is 16.0 Å². The molecule has 7 heteroatoms. The van der Waals surface area contributed by atoms with Gasteiger partial charge in [-0.1, -0.05) is 47.5 Å². The molecule has 0 bridgehead atoms. The highest BCUT2D eigenvalue weighted by molar-refractivity contribution is 6.35. The Labute approximate surface area is 181 Å². The van der Waals surface area contributed by atoms with Crippen molar-refractivity contribution in [2.75, 3.05) is 31.5 Å². The Morgan fingerprint density at radius 3 is 2.45 bits per heavy atom. The van der Waals surface area contributed by atoms with Gasteiger partial charge in [-0.25, -0.2) is 0 Å². The number of rotatable bonds is 5. The van der Waals surface area contributed by atoms with Gasteiger partial charge in [0.25, 0.3) is 0 Å². The Kier molecular flexibility index (Phi) is 7.17. The zero-order valence-electron chi connectivity index (χ0n) is 16.6. The molecule has 2 amide bonds. The number of anilines is 1. The van der Waals surface area contributed by atoms with Gasteiger partial charge in [0.05, 0.1) is 23.2 Å². The Bertz CT molecular complexity index is 895. The summed E-state index contributed by atoms with van der Waals surface area (Å²) in [6, 6.07) is 12.6. The van der Waals surface area contributed by atoms with Gasteiger partial charge in [0.2, 0.25) is 11.8 Å². The van der Waals surface area contributed by atoms with Crippen LogP contribution in [0, 0.1) is 6.92 Å². The average molecular weight is 434 g/mol. The van der Waals surface area contributed by atoms with Crippen molar-refractivity contribution in [2.45, 2.75) is 26.3 Å². The largest absolute Gasteiger partial charge is 0.340 e. The van der Waals surface area contributed by atoms with Gasteiger partial charge in [0, 0.05) is 31.2 Å². The van der Waals surface area contributed by atoms with Crippen LogP contribution in [0.4, 0.5) is 5.69 Å². The van der Waals surface area contributed by atoms with Crippen molar-refractivity contribution in [3.63, 3.8) is 0 Å². The second kappa shape index (κ2) is 9.61. The monoisotopic (exact) mass is 433 g/mol. The number of carbonyl (C=O) groups excluding carboxylic acids is 2. The quantitative estimate of drug-likeness (QED) is 0.774. The first kappa shape index (κ1) is 21.6. The molecule has 0 aliphatic carbocycles. The number of amides is 2. The lowest BCUT2D eigenvalue weighted by Gasteiger charge is -2.37. The maximum absolute atomic E-state index is 12.6. The van der Waals surface area contributed by atoms with Crippen molar-refractivity contribution in [3.05, 3.63) is 63.6 Å². The zero-order valence-corrected chi connectivity index (χ0v) is 18.1. The summed E-state index contributed by atoms with van der Waals surface area (Å²) in [5.74, 6) is -0.0179. The van der Waals surface area contributed by atoms with Crippen LogP contribution in [-0.4, -0.2) is 53.8 Å². The number of halogens is 2. The minimum absolute atomic E-state index is 0.127. The van der Waals surface area contributed by atoms with Gasteiger partial charge in [0.15, 0.2) is 0 Å². The third-order valence-corrected chi connectivity index (χ3v) is 5.95. The van der Waals surface area contributed by atoms with Crippen LogP contribution in [0.2, 0.25) is 10.0 Å². The molecule has 3 rings (SSSR count). The molecule has 5 nitrogen and oxygen atoms in total. The molecule has 1 saturated heterocycles. The van der Waals surface area contributed by atoms with Crippen molar-refractivity contribution >= 4 is 40.7 Å². The Hall–Kier alpha value is -2.08. The van der Waals surface area contributed by atoms with E-state index >= 15 is 0 Å². The van der Waals surface area contributed by atoms with Gasteiger partial charge in [-0.2, -0.15) is 0 Å². The van der Waals surface area contributed by atoms with Crippen molar-refractivity contribution < 1.29 is 9.59 Å². The number of piperazine rings is 1. The lowest BCUT2D eigenvalue weighted by atomic mass is 10.0. The first-order valence-electron chi connectivity index (χ1n) is 9.67. The molecule has 1 heterocycles. The van der Waals surface area contributed by atoms with Gasteiger partial charge >= 0.3 is 0 Å². The van der Waals surface area contributed by atoms with E-state index in [0.29, 0.717) is 48.3 Å². The maximum atomic E-state index is 12.6. The number of nitrogens with zero attached hydrogens (tertiary/aromatic N) is 2. The molecule has 1 atom stereocenters. The molecule has 2 aromatic rings. The van der Waals surface area contributed by atoms with E-state index in [9.17, 15) is 9.59 Å². The number of carbonyl (C=O) groups is 2. The fraction of sp³-hybridized carbons (Fsp3) is 0.364. The molecular weight excluding hydrogens is 409 g/mol. The van der Waals surface area contributed by atoms with E-state index < -0.39 is 0 Å². The summed E-state index contributed by atoms with van der Waals surface area (Å²) in [7, 11) is 0. The predicted octanol–water partition coefficient (Wildman–Crippen LogP) is 4.02. The standard InChI is InChI=1S/C22H25Cl2N3O2/c1-15-5-3-4-6-17(15)13-21(28)27-11-9-26(10-12-27)16(2)22(29)25-20-14-18(23)7-8-19(20)24/h3-8,14,16H,9-13H2,1-2H3,(H,25,29). The minimum atomic E-state index is -0.335. The van der Waals surface area contributed by atoms with E-state index in [1.807, 2.05) is 43.0 Å². The molecule has 1 fully saturated rings.